The number of hydrogen-bond acceptors (Lipinski definition) is 2. The molecule has 1 fully saturated rings. The normalized spacial score (nSPS) is 16.8. The summed E-state index contributed by atoms with van der Waals surface area (Å²) in [7, 11) is 1.65. The third-order valence-electron chi connectivity index (χ3n) is 4.85. The minimum absolute atomic E-state index is 0.0389. The van der Waals surface area contributed by atoms with Crippen LogP contribution in [0.25, 0.3) is 0 Å². The highest BCUT2D eigenvalue weighted by Crippen LogP contribution is 2.27. The molecule has 2 aromatic carbocycles. The molecule has 2 N–H and O–H groups in total. The van der Waals surface area contributed by atoms with Gasteiger partial charge in [0.1, 0.15) is 0 Å². The van der Waals surface area contributed by atoms with Gasteiger partial charge in [0.25, 0.3) is 5.91 Å². The molecular weight excluding hydrogens is 326 g/mol. The van der Waals surface area contributed by atoms with E-state index in [0.29, 0.717) is 12.1 Å². The summed E-state index contributed by atoms with van der Waals surface area (Å²) >= 11 is 0. The van der Waals surface area contributed by atoms with E-state index in [0.717, 1.165) is 36.2 Å². The first kappa shape index (κ1) is 18.0. The molecule has 0 spiro atoms. The molecular formula is C21H25N3O2. The third kappa shape index (κ3) is 4.23. The molecule has 3 amide bonds. The molecule has 3 rings (SSSR count). The van der Waals surface area contributed by atoms with Crippen LogP contribution in [0.4, 0.5) is 10.5 Å². The van der Waals surface area contributed by atoms with Crippen molar-refractivity contribution in [2.75, 3.05) is 25.5 Å². The van der Waals surface area contributed by atoms with Gasteiger partial charge in [0.15, 0.2) is 0 Å². The molecule has 1 aliphatic rings. The summed E-state index contributed by atoms with van der Waals surface area (Å²) in [5.74, 6) is 0.142. The van der Waals surface area contributed by atoms with E-state index in [1.807, 2.05) is 60.4 Å². The van der Waals surface area contributed by atoms with Crippen LogP contribution in [0.2, 0.25) is 0 Å². The maximum absolute atomic E-state index is 12.6. The third-order valence-corrected chi connectivity index (χ3v) is 4.85. The predicted octanol–water partition coefficient (Wildman–Crippen LogP) is 3.77. The summed E-state index contributed by atoms with van der Waals surface area (Å²) in [5.41, 5.74) is 3.69. The van der Waals surface area contributed by atoms with Gasteiger partial charge < -0.3 is 15.5 Å². The minimum atomic E-state index is -0.116. The Balaban J connectivity index is 1.72. The smallest absolute Gasteiger partial charge is 0.317 e. The number of nitrogens with zero attached hydrogens (tertiary/aromatic N) is 1. The van der Waals surface area contributed by atoms with Gasteiger partial charge >= 0.3 is 6.03 Å². The molecule has 1 aliphatic heterocycles. The maximum atomic E-state index is 12.6. The van der Waals surface area contributed by atoms with Crippen molar-refractivity contribution in [3.8, 4) is 0 Å². The van der Waals surface area contributed by atoms with Crippen molar-refractivity contribution in [1.82, 2.24) is 10.2 Å². The molecule has 1 saturated heterocycles. The second-order valence-electron chi connectivity index (χ2n) is 6.79. The Labute approximate surface area is 154 Å². The number of nitrogens with one attached hydrogen (secondary N) is 2. The van der Waals surface area contributed by atoms with Crippen LogP contribution >= 0.6 is 0 Å². The van der Waals surface area contributed by atoms with E-state index < -0.39 is 0 Å². The quantitative estimate of drug-likeness (QED) is 0.884. The van der Waals surface area contributed by atoms with Crippen LogP contribution in [0.1, 0.15) is 40.2 Å². The lowest BCUT2D eigenvalue weighted by Gasteiger charge is -2.32. The summed E-state index contributed by atoms with van der Waals surface area (Å²) in [4.78, 5) is 26.3. The van der Waals surface area contributed by atoms with Gasteiger partial charge in [-0.05, 0) is 49.6 Å². The highest BCUT2D eigenvalue weighted by Gasteiger charge is 2.24. The minimum Gasteiger partial charge on any atom is -0.341 e. The second kappa shape index (κ2) is 8.04. The van der Waals surface area contributed by atoms with Crippen molar-refractivity contribution in [1.29, 1.82) is 0 Å². The van der Waals surface area contributed by atoms with Gasteiger partial charge in [-0.15, -0.1) is 0 Å². The Kier molecular flexibility index (Phi) is 5.56. The molecule has 0 bridgehead atoms. The second-order valence-corrected chi connectivity index (χ2v) is 6.79. The SMILES string of the molecule is CNC(=O)N1CCC[C@@H](c2cccc(C(=O)Nc3ccc(C)cc3)c2)C1. The molecule has 5 nitrogen and oxygen atoms in total. The fraction of sp³-hybridized carbons (Fsp3) is 0.333. The van der Waals surface area contributed by atoms with Gasteiger partial charge in [0.2, 0.25) is 0 Å². The molecule has 136 valence electrons. The van der Waals surface area contributed by atoms with E-state index in [9.17, 15) is 9.59 Å². The van der Waals surface area contributed by atoms with E-state index >= 15 is 0 Å². The number of aryl methyl sites for hydroxylation is 1. The fourth-order valence-corrected chi connectivity index (χ4v) is 3.37. The molecule has 1 heterocycles. The number of piperidine rings is 1. The van der Waals surface area contributed by atoms with E-state index in [2.05, 4.69) is 10.6 Å². The molecule has 0 aliphatic carbocycles. The molecule has 2 aromatic rings. The number of carbonyl (C=O) groups excluding carboxylic acids is 2. The van der Waals surface area contributed by atoms with Crippen LogP contribution in [0.5, 0.6) is 0 Å². The monoisotopic (exact) mass is 351 g/mol. The van der Waals surface area contributed by atoms with Gasteiger partial charge in [-0.1, -0.05) is 29.8 Å². The largest absolute Gasteiger partial charge is 0.341 e. The first-order chi connectivity index (χ1) is 12.6. The molecule has 1 atom stereocenters. The number of likely N-dealkylation sites (tertiary alicyclic amines) is 1. The zero-order valence-corrected chi connectivity index (χ0v) is 15.3. The highest BCUT2D eigenvalue weighted by molar-refractivity contribution is 6.04. The van der Waals surface area contributed by atoms with Crippen molar-refractivity contribution in [3.05, 3.63) is 65.2 Å². The Morgan fingerprint density at radius 3 is 2.62 bits per heavy atom. The molecule has 0 saturated carbocycles. The van der Waals surface area contributed by atoms with Gasteiger partial charge in [0.05, 0.1) is 0 Å². The molecule has 26 heavy (non-hydrogen) atoms. The van der Waals surface area contributed by atoms with Crippen LogP contribution in [0, 0.1) is 6.92 Å². The Morgan fingerprint density at radius 2 is 1.88 bits per heavy atom. The lowest BCUT2D eigenvalue weighted by atomic mass is 9.89. The van der Waals surface area contributed by atoms with Crippen molar-refractivity contribution >= 4 is 17.6 Å². The number of rotatable bonds is 3. The first-order valence-electron chi connectivity index (χ1n) is 9.01. The summed E-state index contributed by atoms with van der Waals surface area (Å²) in [6, 6.07) is 15.4. The van der Waals surface area contributed by atoms with Crippen molar-refractivity contribution in [2.45, 2.75) is 25.7 Å². The van der Waals surface area contributed by atoms with Crippen molar-refractivity contribution < 1.29 is 9.59 Å². The number of anilines is 1. The van der Waals surface area contributed by atoms with Crippen LogP contribution < -0.4 is 10.6 Å². The molecule has 5 heteroatoms. The highest BCUT2D eigenvalue weighted by atomic mass is 16.2. The molecule has 0 radical (unpaired) electrons. The first-order valence-corrected chi connectivity index (χ1v) is 9.01. The maximum Gasteiger partial charge on any atom is 0.317 e. The standard InChI is InChI=1S/C21H25N3O2/c1-15-8-10-19(11-9-15)23-20(25)17-6-3-5-16(13-17)18-7-4-12-24(14-18)21(26)22-2/h3,5-6,8-11,13,18H,4,7,12,14H2,1-2H3,(H,22,26)(H,23,25)/t18-/m1/s1. The van der Waals surface area contributed by atoms with E-state index in [4.69, 9.17) is 0 Å². The summed E-state index contributed by atoms with van der Waals surface area (Å²) in [6.07, 6.45) is 1.99. The fourth-order valence-electron chi connectivity index (χ4n) is 3.37. The lowest BCUT2D eigenvalue weighted by Crippen LogP contribution is -2.43. The van der Waals surface area contributed by atoms with Crippen molar-refractivity contribution in [3.63, 3.8) is 0 Å². The van der Waals surface area contributed by atoms with Crippen LogP contribution in [-0.4, -0.2) is 37.0 Å². The van der Waals surface area contributed by atoms with Gasteiger partial charge in [-0.25, -0.2) is 4.79 Å². The number of benzene rings is 2. The summed E-state index contributed by atoms with van der Waals surface area (Å²) in [6.45, 7) is 3.48. The van der Waals surface area contributed by atoms with Gasteiger partial charge in [-0.3, -0.25) is 4.79 Å². The van der Waals surface area contributed by atoms with E-state index in [1.165, 1.54) is 0 Å². The molecule has 0 aromatic heterocycles. The predicted molar refractivity (Wildman–Crippen MR) is 104 cm³/mol. The Morgan fingerprint density at radius 1 is 1.12 bits per heavy atom. The van der Waals surface area contributed by atoms with Crippen molar-refractivity contribution in [2.24, 2.45) is 0 Å². The van der Waals surface area contributed by atoms with Gasteiger partial charge in [0, 0.05) is 37.3 Å². The van der Waals surface area contributed by atoms with E-state index in [-0.39, 0.29) is 17.9 Å². The Bertz CT molecular complexity index is 786. The topological polar surface area (TPSA) is 61.4 Å². The summed E-state index contributed by atoms with van der Waals surface area (Å²) < 4.78 is 0. The van der Waals surface area contributed by atoms with Crippen LogP contribution in [0.15, 0.2) is 48.5 Å². The number of carbonyl (C=O) groups is 2. The number of amides is 3. The zero-order chi connectivity index (χ0) is 18.5. The average Bonchev–Trinajstić information content (AvgIpc) is 2.69. The number of hydrogen-bond donors (Lipinski definition) is 2. The molecule has 0 unspecified atom stereocenters. The summed E-state index contributed by atoms with van der Waals surface area (Å²) in [5, 5.41) is 5.63. The average molecular weight is 351 g/mol. The van der Waals surface area contributed by atoms with E-state index in [1.54, 1.807) is 7.05 Å². The lowest BCUT2D eigenvalue weighted by molar-refractivity contribution is 0.102. The number of urea groups is 1. The zero-order valence-electron chi connectivity index (χ0n) is 15.3. The van der Waals surface area contributed by atoms with Gasteiger partial charge in [-0.2, -0.15) is 0 Å². The Hall–Kier alpha value is -2.82. The van der Waals surface area contributed by atoms with Crippen LogP contribution in [0.3, 0.4) is 0 Å². The van der Waals surface area contributed by atoms with Crippen LogP contribution in [-0.2, 0) is 0 Å².